The molecule has 2 saturated heterocycles. The van der Waals surface area contributed by atoms with Crippen molar-refractivity contribution < 1.29 is 14.3 Å². The Morgan fingerprint density at radius 3 is 2.73 bits per heavy atom. The third-order valence-electron chi connectivity index (χ3n) is 4.94. The summed E-state index contributed by atoms with van der Waals surface area (Å²) in [5, 5.41) is 7.18. The van der Waals surface area contributed by atoms with Gasteiger partial charge < -0.3 is 15.0 Å². The third kappa shape index (κ3) is 4.55. The number of amides is 2. The Balaban J connectivity index is 0.00000243. The van der Waals surface area contributed by atoms with Crippen LogP contribution in [-0.2, 0) is 16.1 Å². The molecular formula is C17H28ClN5O3. The molecule has 146 valence electrons. The molecule has 8 nitrogen and oxygen atoms in total. The van der Waals surface area contributed by atoms with Gasteiger partial charge in [-0.05, 0) is 20.3 Å². The molecule has 1 N–H and O–H groups in total. The fourth-order valence-corrected chi connectivity index (χ4v) is 3.47. The van der Waals surface area contributed by atoms with E-state index >= 15 is 0 Å². The predicted molar refractivity (Wildman–Crippen MR) is 99.6 cm³/mol. The largest absolute Gasteiger partial charge is 0.379 e. The second-order valence-corrected chi connectivity index (χ2v) is 6.52. The first-order valence-electron chi connectivity index (χ1n) is 9.03. The van der Waals surface area contributed by atoms with Crippen LogP contribution >= 0.6 is 12.4 Å². The van der Waals surface area contributed by atoms with Crippen molar-refractivity contribution in [3.63, 3.8) is 0 Å². The Bertz CT molecular complexity index is 630. The topological polar surface area (TPSA) is 79.7 Å². The summed E-state index contributed by atoms with van der Waals surface area (Å²) in [5.74, 6) is 0.0414. The Kier molecular flexibility index (Phi) is 7.43. The summed E-state index contributed by atoms with van der Waals surface area (Å²) >= 11 is 0. The molecule has 0 saturated carbocycles. The average molecular weight is 386 g/mol. The number of rotatable bonds is 6. The van der Waals surface area contributed by atoms with Crippen LogP contribution in [0, 0.1) is 6.92 Å². The van der Waals surface area contributed by atoms with Gasteiger partial charge in [0.1, 0.15) is 0 Å². The molecule has 2 amide bonds. The van der Waals surface area contributed by atoms with E-state index < -0.39 is 0 Å². The standard InChI is InChI=1S/C17H27N5O3.ClH/c1-3-22-12-14(13(2)19-22)16(23)18-5-7-21-6-4-15(17(21)24)20-8-10-25-11-9-20;/h12,15H,3-11H2,1-2H3,(H,18,23);1H. The van der Waals surface area contributed by atoms with Crippen molar-refractivity contribution in [1.82, 2.24) is 24.9 Å². The first kappa shape index (κ1) is 20.7. The smallest absolute Gasteiger partial charge is 0.254 e. The fraction of sp³-hybridized carbons (Fsp3) is 0.706. The highest BCUT2D eigenvalue weighted by Gasteiger charge is 2.36. The molecule has 0 radical (unpaired) electrons. The number of morpholine rings is 1. The number of carbonyl (C=O) groups excluding carboxylic acids is 2. The molecule has 1 aromatic rings. The number of aryl methyl sites for hydroxylation is 2. The monoisotopic (exact) mass is 385 g/mol. The van der Waals surface area contributed by atoms with Crippen molar-refractivity contribution in [1.29, 1.82) is 0 Å². The van der Waals surface area contributed by atoms with Gasteiger partial charge >= 0.3 is 0 Å². The molecule has 2 fully saturated rings. The lowest BCUT2D eigenvalue weighted by Crippen LogP contribution is -2.48. The molecular weight excluding hydrogens is 358 g/mol. The first-order chi connectivity index (χ1) is 12.1. The zero-order chi connectivity index (χ0) is 17.8. The minimum atomic E-state index is -0.131. The summed E-state index contributed by atoms with van der Waals surface area (Å²) in [5.41, 5.74) is 1.32. The van der Waals surface area contributed by atoms with E-state index in [0.717, 1.165) is 38.3 Å². The molecule has 9 heteroatoms. The third-order valence-corrected chi connectivity index (χ3v) is 4.94. The minimum absolute atomic E-state index is 0. The van der Waals surface area contributed by atoms with Crippen molar-refractivity contribution in [3.05, 3.63) is 17.5 Å². The van der Waals surface area contributed by atoms with Crippen molar-refractivity contribution in [2.75, 3.05) is 45.9 Å². The van der Waals surface area contributed by atoms with Crippen molar-refractivity contribution in [3.8, 4) is 0 Å². The van der Waals surface area contributed by atoms with Crippen LogP contribution in [-0.4, -0.2) is 83.4 Å². The summed E-state index contributed by atoms with van der Waals surface area (Å²) in [6, 6.07) is -0.0235. The van der Waals surface area contributed by atoms with Gasteiger partial charge in [-0.25, -0.2) is 0 Å². The number of nitrogens with one attached hydrogen (secondary N) is 1. The first-order valence-corrected chi connectivity index (χ1v) is 9.03. The number of nitrogens with zero attached hydrogens (tertiary/aromatic N) is 4. The molecule has 3 heterocycles. The van der Waals surface area contributed by atoms with E-state index in [9.17, 15) is 9.59 Å². The van der Waals surface area contributed by atoms with E-state index in [1.54, 1.807) is 10.9 Å². The molecule has 0 spiro atoms. The average Bonchev–Trinajstić information content (AvgIpc) is 3.18. The van der Waals surface area contributed by atoms with E-state index in [4.69, 9.17) is 4.74 Å². The minimum Gasteiger partial charge on any atom is -0.379 e. The van der Waals surface area contributed by atoms with E-state index in [1.807, 2.05) is 18.7 Å². The second-order valence-electron chi connectivity index (χ2n) is 6.52. The van der Waals surface area contributed by atoms with E-state index in [1.165, 1.54) is 0 Å². The Morgan fingerprint density at radius 2 is 2.08 bits per heavy atom. The molecule has 3 rings (SSSR count). The van der Waals surface area contributed by atoms with Crippen LogP contribution in [0.2, 0.25) is 0 Å². The number of likely N-dealkylation sites (tertiary alicyclic amines) is 1. The van der Waals surface area contributed by atoms with E-state index in [2.05, 4.69) is 15.3 Å². The molecule has 1 unspecified atom stereocenters. The Hall–Kier alpha value is -1.64. The molecule has 2 aliphatic heterocycles. The highest BCUT2D eigenvalue weighted by atomic mass is 35.5. The van der Waals surface area contributed by atoms with Crippen LogP contribution in [0.5, 0.6) is 0 Å². The number of hydrogen-bond acceptors (Lipinski definition) is 5. The summed E-state index contributed by atoms with van der Waals surface area (Å²) in [4.78, 5) is 28.9. The molecule has 26 heavy (non-hydrogen) atoms. The maximum absolute atomic E-state index is 12.6. The lowest BCUT2D eigenvalue weighted by atomic mass is 10.2. The number of halogens is 1. The number of aromatic nitrogens is 2. The maximum Gasteiger partial charge on any atom is 0.254 e. The van der Waals surface area contributed by atoms with Gasteiger partial charge in [-0.3, -0.25) is 19.2 Å². The summed E-state index contributed by atoms with van der Waals surface area (Å²) < 4.78 is 7.10. The summed E-state index contributed by atoms with van der Waals surface area (Å²) in [6.07, 6.45) is 2.62. The number of carbonyl (C=O) groups is 2. The van der Waals surface area contributed by atoms with Crippen molar-refractivity contribution in [2.24, 2.45) is 0 Å². The highest BCUT2D eigenvalue weighted by Crippen LogP contribution is 2.18. The van der Waals surface area contributed by atoms with E-state index in [-0.39, 0.29) is 30.3 Å². The molecule has 0 aromatic carbocycles. The van der Waals surface area contributed by atoms with Gasteiger partial charge in [-0.15, -0.1) is 12.4 Å². The van der Waals surface area contributed by atoms with E-state index in [0.29, 0.717) is 31.9 Å². The lowest BCUT2D eigenvalue weighted by molar-refractivity contribution is -0.133. The van der Waals surface area contributed by atoms with Gasteiger partial charge in [-0.2, -0.15) is 5.10 Å². The summed E-state index contributed by atoms with van der Waals surface area (Å²) in [6.45, 7) is 9.35. The van der Waals surface area contributed by atoms with Gasteiger partial charge in [0.25, 0.3) is 5.91 Å². The Labute approximate surface area is 160 Å². The predicted octanol–water partition coefficient (Wildman–Crippen LogP) is 0.296. The normalized spacial score (nSPS) is 20.9. The quantitative estimate of drug-likeness (QED) is 0.761. The molecule has 0 bridgehead atoms. The van der Waals surface area contributed by atoms with Gasteiger partial charge in [0, 0.05) is 45.5 Å². The van der Waals surface area contributed by atoms with Crippen LogP contribution in [0.1, 0.15) is 29.4 Å². The SMILES string of the molecule is CCn1cc(C(=O)NCCN2CCC(N3CCOCC3)C2=O)c(C)n1.Cl. The molecule has 2 aliphatic rings. The van der Waals surface area contributed by atoms with Gasteiger partial charge in [0.15, 0.2) is 0 Å². The molecule has 1 atom stereocenters. The van der Waals surface area contributed by atoms with Crippen LogP contribution in [0.4, 0.5) is 0 Å². The summed E-state index contributed by atoms with van der Waals surface area (Å²) in [7, 11) is 0. The van der Waals surface area contributed by atoms with Crippen molar-refractivity contribution in [2.45, 2.75) is 32.9 Å². The maximum atomic E-state index is 12.6. The van der Waals surface area contributed by atoms with Crippen LogP contribution in [0.25, 0.3) is 0 Å². The second kappa shape index (κ2) is 9.34. The van der Waals surface area contributed by atoms with Gasteiger partial charge in [-0.1, -0.05) is 0 Å². The van der Waals surface area contributed by atoms with Crippen molar-refractivity contribution >= 4 is 24.2 Å². The number of ether oxygens (including phenoxy) is 1. The highest BCUT2D eigenvalue weighted by molar-refractivity contribution is 5.95. The lowest BCUT2D eigenvalue weighted by Gasteiger charge is -2.31. The molecule has 1 aromatic heterocycles. The van der Waals surface area contributed by atoms with Gasteiger partial charge in [0.05, 0.1) is 30.5 Å². The van der Waals surface area contributed by atoms with Crippen LogP contribution < -0.4 is 5.32 Å². The number of hydrogen-bond donors (Lipinski definition) is 1. The Morgan fingerprint density at radius 1 is 1.35 bits per heavy atom. The van der Waals surface area contributed by atoms with Gasteiger partial charge in [0.2, 0.25) is 5.91 Å². The fourth-order valence-electron chi connectivity index (χ4n) is 3.47. The molecule has 0 aliphatic carbocycles. The zero-order valence-corrected chi connectivity index (χ0v) is 16.3. The zero-order valence-electron chi connectivity index (χ0n) is 15.4. The van der Waals surface area contributed by atoms with Crippen LogP contribution in [0.3, 0.4) is 0 Å². The van der Waals surface area contributed by atoms with Crippen LogP contribution in [0.15, 0.2) is 6.20 Å².